The van der Waals surface area contributed by atoms with E-state index in [-0.39, 0.29) is 5.91 Å². The molecule has 5 heteroatoms. The molecular formula is C14H24N4O. The molecule has 2 rings (SSSR count). The van der Waals surface area contributed by atoms with Crippen molar-refractivity contribution < 1.29 is 4.79 Å². The molecule has 1 amide bonds. The van der Waals surface area contributed by atoms with Crippen molar-refractivity contribution in [3.8, 4) is 0 Å². The fourth-order valence-electron chi connectivity index (χ4n) is 2.81. The highest BCUT2D eigenvalue weighted by molar-refractivity contribution is 5.93. The van der Waals surface area contributed by atoms with Gasteiger partial charge in [-0.3, -0.25) is 4.79 Å². The van der Waals surface area contributed by atoms with Gasteiger partial charge in [0.05, 0.1) is 5.69 Å². The predicted molar refractivity (Wildman–Crippen MR) is 77.1 cm³/mol. The number of anilines is 1. The average molecular weight is 264 g/mol. The third-order valence-corrected chi connectivity index (χ3v) is 3.85. The molecule has 19 heavy (non-hydrogen) atoms. The fourth-order valence-corrected chi connectivity index (χ4v) is 2.81. The van der Waals surface area contributed by atoms with Crippen LogP contribution in [0, 0.1) is 5.92 Å². The number of carbonyl (C=O) groups excluding carboxylic acids is 1. The van der Waals surface area contributed by atoms with E-state index in [9.17, 15) is 4.79 Å². The van der Waals surface area contributed by atoms with Crippen molar-refractivity contribution in [2.45, 2.75) is 19.9 Å². The van der Waals surface area contributed by atoms with Crippen LogP contribution in [0.15, 0.2) is 12.3 Å². The van der Waals surface area contributed by atoms with Gasteiger partial charge >= 0.3 is 0 Å². The van der Waals surface area contributed by atoms with Crippen LogP contribution in [0.3, 0.4) is 0 Å². The van der Waals surface area contributed by atoms with Gasteiger partial charge in [-0.05, 0) is 38.9 Å². The maximum Gasteiger partial charge on any atom is 0.270 e. The molecule has 0 radical (unpaired) electrons. The molecule has 0 saturated carbocycles. The smallest absolute Gasteiger partial charge is 0.270 e. The number of nitrogens with zero attached hydrogens (tertiary/aromatic N) is 3. The van der Waals surface area contributed by atoms with Crippen molar-refractivity contribution in [1.29, 1.82) is 0 Å². The van der Waals surface area contributed by atoms with Gasteiger partial charge in [-0.1, -0.05) is 0 Å². The monoisotopic (exact) mass is 264 g/mol. The molecule has 2 N–H and O–H groups in total. The topological polar surface area (TPSA) is 54.5 Å². The van der Waals surface area contributed by atoms with E-state index in [0.29, 0.717) is 17.3 Å². The number of aromatic nitrogens is 1. The molecule has 2 heterocycles. The van der Waals surface area contributed by atoms with Gasteiger partial charge in [-0.25, -0.2) is 0 Å². The summed E-state index contributed by atoms with van der Waals surface area (Å²) in [4.78, 5) is 16.6. The Balaban J connectivity index is 2.02. The quantitative estimate of drug-likeness (QED) is 0.886. The van der Waals surface area contributed by atoms with Gasteiger partial charge < -0.3 is 20.1 Å². The van der Waals surface area contributed by atoms with Gasteiger partial charge in [0.25, 0.3) is 5.91 Å². The van der Waals surface area contributed by atoms with E-state index < -0.39 is 0 Å². The number of nitrogens with two attached hydrogens (primary N) is 1. The van der Waals surface area contributed by atoms with E-state index >= 15 is 0 Å². The highest BCUT2D eigenvalue weighted by atomic mass is 16.2. The molecule has 0 spiro atoms. The molecule has 1 unspecified atom stereocenters. The van der Waals surface area contributed by atoms with Crippen LogP contribution in [0.2, 0.25) is 0 Å². The zero-order valence-corrected chi connectivity index (χ0v) is 12.1. The summed E-state index contributed by atoms with van der Waals surface area (Å²) in [5.41, 5.74) is 7.12. The van der Waals surface area contributed by atoms with Crippen LogP contribution in [0.1, 0.15) is 23.8 Å². The summed E-state index contributed by atoms with van der Waals surface area (Å²) < 4.78 is 1.91. The number of amides is 1. The second kappa shape index (κ2) is 5.65. The maximum absolute atomic E-state index is 12.4. The van der Waals surface area contributed by atoms with Gasteiger partial charge in [0.2, 0.25) is 0 Å². The van der Waals surface area contributed by atoms with E-state index in [2.05, 4.69) is 11.9 Å². The molecule has 1 aromatic rings. The standard InChI is InChI=1S/C14H24N4O/c1-4-18-10-12(15)7-13(18)14(19)17(3)9-11-5-6-16(2)8-11/h7,10-11H,4-6,8-9,15H2,1-3H3. The van der Waals surface area contributed by atoms with Crippen LogP contribution in [0.25, 0.3) is 0 Å². The number of hydrogen-bond acceptors (Lipinski definition) is 3. The molecule has 1 atom stereocenters. The Hall–Kier alpha value is -1.49. The zero-order valence-electron chi connectivity index (χ0n) is 12.1. The number of likely N-dealkylation sites (tertiary alicyclic amines) is 1. The lowest BCUT2D eigenvalue weighted by Gasteiger charge is -2.21. The number of carbonyl (C=O) groups is 1. The van der Waals surface area contributed by atoms with Gasteiger partial charge in [-0.2, -0.15) is 0 Å². The molecule has 106 valence electrons. The fraction of sp³-hybridized carbons (Fsp3) is 0.643. The molecule has 1 saturated heterocycles. The first-order chi connectivity index (χ1) is 9.01. The van der Waals surface area contributed by atoms with E-state index in [4.69, 9.17) is 5.73 Å². The zero-order chi connectivity index (χ0) is 14.0. The third-order valence-electron chi connectivity index (χ3n) is 3.85. The summed E-state index contributed by atoms with van der Waals surface area (Å²) in [7, 11) is 4.01. The van der Waals surface area contributed by atoms with Crippen molar-refractivity contribution in [3.05, 3.63) is 18.0 Å². The maximum atomic E-state index is 12.4. The summed E-state index contributed by atoms with van der Waals surface area (Å²) in [6.07, 6.45) is 3.00. The van der Waals surface area contributed by atoms with Crippen LogP contribution in [-0.4, -0.2) is 54.0 Å². The first kappa shape index (κ1) is 13.9. The molecule has 0 aliphatic carbocycles. The van der Waals surface area contributed by atoms with Crippen LogP contribution in [0.4, 0.5) is 5.69 Å². The van der Waals surface area contributed by atoms with E-state index in [1.165, 1.54) is 6.42 Å². The summed E-state index contributed by atoms with van der Waals surface area (Å²) in [5, 5.41) is 0. The lowest BCUT2D eigenvalue weighted by molar-refractivity contribution is 0.0763. The van der Waals surface area contributed by atoms with Crippen LogP contribution < -0.4 is 5.73 Å². The second-order valence-corrected chi connectivity index (χ2v) is 5.55. The van der Waals surface area contributed by atoms with Gasteiger partial charge in [0.15, 0.2) is 0 Å². The molecule has 1 aromatic heterocycles. The van der Waals surface area contributed by atoms with Crippen molar-refractivity contribution in [2.75, 3.05) is 39.5 Å². The Labute approximate surface area is 115 Å². The highest BCUT2D eigenvalue weighted by Crippen LogP contribution is 2.17. The summed E-state index contributed by atoms with van der Waals surface area (Å²) >= 11 is 0. The first-order valence-electron chi connectivity index (χ1n) is 6.91. The third kappa shape index (κ3) is 3.10. The Kier molecular flexibility index (Phi) is 4.14. The Bertz CT molecular complexity index is 454. The van der Waals surface area contributed by atoms with Crippen molar-refractivity contribution in [1.82, 2.24) is 14.4 Å². The van der Waals surface area contributed by atoms with E-state index in [0.717, 1.165) is 26.2 Å². The van der Waals surface area contributed by atoms with Crippen molar-refractivity contribution in [3.63, 3.8) is 0 Å². The second-order valence-electron chi connectivity index (χ2n) is 5.55. The number of hydrogen-bond donors (Lipinski definition) is 1. The number of aryl methyl sites for hydroxylation is 1. The van der Waals surface area contributed by atoms with Crippen LogP contribution in [-0.2, 0) is 6.54 Å². The Morgan fingerprint density at radius 3 is 2.89 bits per heavy atom. The molecule has 1 aliphatic rings. The molecule has 1 aliphatic heterocycles. The Morgan fingerprint density at radius 1 is 1.58 bits per heavy atom. The normalized spacial score (nSPS) is 19.8. The predicted octanol–water partition coefficient (Wildman–Crippen LogP) is 1.11. The minimum Gasteiger partial charge on any atom is -0.397 e. The summed E-state index contributed by atoms with van der Waals surface area (Å²) in [6, 6.07) is 1.77. The lowest BCUT2D eigenvalue weighted by atomic mass is 10.1. The van der Waals surface area contributed by atoms with E-state index in [1.54, 1.807) is 6.07 Å². The van der Waals surface area contributed by atoms with Crippen LogP contribution >= 0.6 is 0 Å². The van der Waals surface area contributed by atoms with Gasteiger partial charge in [0.1, 0.15) is 5.69 Å². The molecule has 0 bridgehead atoms. The molecule has 0 aromatic carbocycles. The number of nitrogen functional groups attached to an aromatic ring is 1. The molecule has 1 fully saturated rings. The van der Waals surface area contributed by atoms with Crippen LogP contribution in [0.5, 0.6) is 0 Å². The minimum absolute atomic E-state index is 0.0631. The van der Waals surface area contributed by atoms with Crippen molar-refractivity contribution >= 4 is 11.6 Å². The van der Waals surface area contributed by atoms with Gasteiger partial charge in [0, 0.05) is 32.9 Å². The largest absolute Gasteiger partial charge is 0.397 e. The summed E-state index contributed by atoms with van der Waals surface area (Å²) in [5.74, 6) is 0.648. The average Bonchev–Trinajstić information content (AvgIpc) is 2.94. The Morgan fingerprint density at radius 2 is 2.32 bits per heavy atom. The minimum atomic E-state index is 0.0631. The first-order valence-corrected chi connectivity index (χ1v) is 6.91. The summed E-state index contributed by atoms with van der Waals surface area (Å²) in [6.45, 7) is 5.80. The van der Waals surface area contributed by atoms with E-state index in [1.807, 2.05) is 29.6 Å². The lowest BCUT2D eigenvalue weighted by Crippen LogP contribution is -2.33. The SMILES string of the molecule is CCn1cc(N)cc1C(=O)N(C)CC1CCN(C)C1. The molecular weight excluding hydrogens is 240 g/mol. The highest BCUT2D eigenvalue weighted by Gasteiger charge is 2.24. The molecule has 5 nitrogen and oxygen atoms in total. The van der Waals surface area contributed by atoms with Crippen molar-refractivity contribution in [2.24, 2.45) is 5.92 Å². The van der Waals surface area contributed by atoms with Gasteiger partial charge in [-0.15, -0.1) is 0 Å². The number of rotatable bonds is 4.